The molecule has 1 aliphatic heterocycles. The highest BCUT2D eigenvalue weighted by Crippen LogP contribution is 2.17. The summed E-state index contributed by atoms with van der Waals surface area (Å²) in [5, 5.41) is 2.59. The van der Waals surface area contributed by atoms with Crippen LogP contribution in [0.1, 0.15) is 18.9 Å². The van der Waals surface area contributed by atoms with Crippen LogP contribution in [0.25, 0.3) is 0 Å². The molecule has 24 heavy (non-hydrogen) atoms. The fraction of sp³-hybridized carbons (Fsp3) is 0.438. The van der Waals surface area contributed by atoms with Gasteiger partial charge in [0.15, 0.2) is 6.10 Å². The van der Waals surface area contributed by atoms with Gasteiger partial charge in [-0.15, -0.1) is 0 Å². The smallest absolute Gasteiger partial charge is 0.308 e. The molecule has 1 aliphatic rings. The molecule has 1 N–H and O–H groups in total. The van der Waals surface area contributed by atoms with Crippen molar-refractivity contribution in [1.29, 1.82) is 0 Å². The van der Waals surface area contributed by atoms with Crippen molar-refractivity contribution >= 4 is 28.9 Å². The van der Waals surface area contributed by atoms with Gasteiger partial charge in [-0.3, -0.25) is 14.4 Å². The molecule has 0 aliphatic carbocycles. The number of carbonyl (C=O) groups excluding carboxylic acids is 3. The van der Waals surface area contributed by atoms with Gasteiger partial charge in [0, 0.05) is 25.4 Å². The average molecular weight is 354 g/mol. The van der Waals surface area contributed by atoms with Crippen LogP contribution >= 0.6 is 11.8 Å². The third-order valence-electron chi connectivity index (χ3n) is 3.49. The molecule has 1 saturated heterocycles. The van der Waals surface area contributed by atoms with Crippen LogP contribution in [-0.2, 0) is 20.9 Å². The zero-order valence-corrected chi connectivity index (χ0v) is 14.1. The van der Waals surface area contributed by atoms with Crippen molar-refractivity contribution in [2.75, 3.05) is 18.8 Å². The second-order valence-electron chi connectivity index (χ2n) is 5.33. The Balaban J connectivity index is 1.69. The highest BCUT2D eigenvalue weighted by atomic mass is 32.2. The number of thioether (sulfide) groups is 1. The largest absolute Gasteiger partial charge is 0.452 e. The van der Waals surface area contributed by atoms with Gasteiger partial charge in [-0.25, -0.2) is 4.39 Å². The summed E-state index contributed by atoms with van der Waals surface area (Å²) in [5.41, 5.74) is 0.744. The number of nitrogens with one attached hydrogen (secondary N) is 1. The van der Waals surface area contributed by atoms with Crippen molar-refractivity contribution in [3.63, 3.8) is 0 Å². The normalized spacial score (nSPS) is 15.2. The molecule has 1 unspecified atom stereocenters. The lowest BCUT2D eigenvalue weighted by Gasteiger charge is -2.16. The molecule has 0 bridgehead atoms. The molecule has 2 amide bonds. The van der Waals surface area contributed by atoms with E-state index >= 15 is 0 Å². The van der Waals surface area contributed by atoms with Gasteiger partial charge in [0.25, 0.3) is 11.1 Å². The Kier molecular flexibility index (Phi) is 6.60. The Morgan fingerprint density at radius 1 is 1.38 bits per heavy atom. The quantitative estimate of drug-likeness (QED) is 0.757. The molecule has 1 aromatic rings. The van der Waals surface area contributed by atoms with Crippen LogP contribution in [0.3, 0.4) is 0 Å². The fourth-order valence-corrected chi connectivity index (χ4v) is 2.95. The van der Waals surface area contributed by atoms with Gasteiger partial charge in [0.2, 0.25) is 0 Å². The first-order valence-electron chi connectivity index (χ1n) is 7.59. The van der Waals surface area contributed by atoms with Crippen LogP contribution in [0.4, 0.5) is 9.18 Å². The van der Waals surface area contributed by atoms with Gasteiger partial charge in [0.05, 0.1) is 6.42 Å². The van der Waals surface area contributed by atoms with Gasteiger partial charge in [-0.1, -0.05) is 23.9 Å². The van der Waals surface area contributed by atoms with E-state index in [1.165, 1.54) is 30.8 Å². The summed E-state index contributed by atoms with van der Waals surface area (Å²) < 4.78 is 17.9. The molecule has 0 spiro atoms. The lowest BCUT2D eigenvalue weighted by Crippen LogP contribution is -2.36. The Morgan fingerprint density at radius 3 is 2.71 bits per heavy atom. The summed E-state index contributed by atoms with van der Waals surface area (Å²) in [5.74, 6) is -0.567. The number of hydrogen-bond acceptors (Lipinski definition) is 5. The van der Waals surface area contributed by atoms with Crippen molar-refractivity contribution in [2.45, 2.75) is 26.0 Å². The SMILES string of the molecule is CC(OC(=O)CCN1CCSC1=O)C(=O)NCc1ccc(F)cc1. The minimum absolute atomic E-state index is 0.0344. The van der Waals surface area contributed by atoms with Gasteiger partial charge in [0.1, 0.15) is 5.82 Å². The lowest BCUT2D eigenvalue weighted by molar-refractivity contribution is -0.155. The van der Waals surface area contributed by atoms with E-state index in [4.69, 9.17) is 4.74 Å². The molecular weight excluding hydrogens is 335 g/mol. The minimum Gasteiger partial charge on any atom is -0.452 e. The summed E-state index contributed by atoms with van der Waals surface area (Å²) >= 11 is 1.23. The molecule has 2 rings (SSSR count). The molecule has 1 fully saturated rings. The van der Waals surface area contributed by atoms with Crippen LogP contribution in [0.5, 0.6) is 0 Å². The maximum Gasteiger partial charge on any atom is 0.308 e. The predicted octanol–water partition coefficient (Wildman–Crippen LogP) is 1.93. The minimum atomic E-state index is -0.929. The maximum absolute atomic E-state index is 12.8. The molecular formula is C16H19FN2O4S. The number of carbonyl (C=O) groups is 3. The first-order chi connectivity index (χ1) is 11.5. The third kappa shape index (κ3) is 5.52. The maximum atomic E-state index is 12.8. The van der Waals surface area contributed by atoms with Crippen LogP contribution < -0.4 is 5.32 Å². The number of ether oxygens (including phenoxy) is 1. The first-order valence-corrected chi connectivity index (χ1v) is 8.57. The van der Waals surface area contributed by atoms with E-state index in [2.05, 4.69) is 5.32 Å². The van der Waals surface area contributed by atoms with Crippen molar-refractivity contribution in [1.82, 2.24) is 10.2 Å². The molecule has 1 aromatic carbocycles. The Hall–Kier alpha value is -2.09. The molecule has 130 valence electrons. The van der Waals surface area contributed by atoms with Crippen LogP contribution in [0, 0.1) is 5.82 Å². The molecule has 0 radical (unpaired) electrons. The Labute approximate surface area is 143 Å². The van der Waals surface area contributed by atoms with Crippen LogP contribution in [0.2, 0.25) is 0 Å². The predicted molar refractivity (Wildman–Crippen MR) is 87.8 cm³/mol. The van der Waals surface area contributed by atoms with Crippen molar-refractivity contribution in [2.24, 2.45) is 0 Å². The molecule has 1 heterocycles. The van der Waals surface area contributed by atoms with Gasteiger partial charge < -0.3 is 15.0 Å². The number of esters is 1. The Bertz CT molecular complexity index is 609. The van der Waals surface area contributed by atoms with E-state index < -0.39 is 18.0 Å². The molecule has 8 heteroatoms. The summed E-state index contributed by atoms with van der Waals surface area (Å²) in [6.45, 7) is 2.63. The second kappa shape index (κ2) is 8.68. The van der Waals surface area contributed by atoms with E-state index in [9.17, 15) is 18.8 Å². The van der Waals surface area contributed by atoms with E-state index in [1.807, 2.05) is 0 Å². The van der Waals surface area contributed by atoms with Gasteiger partial charge >= 0.3 is 5.97 Å². The zero-order valence-electron chi connectivity index (χ0n) is 13.3. The standard InChI is InChI=1S/C16H19FN2O4S/c1-11(15(21)18-10-12-2-4-13(17)5-3-12)23-14(20)6-7-19-8-9-24-16(19)22/h2-5,11H,6-10H2,1H3,(H,18,21). The van der Waals surface area contributed by atoms with E-state index in [0.717, 1.165) is 11.3 Å². The van der Waals surface area contributed by atoms with Crippen LogP contribution in [-0.4, -0.2) is 47.0 Å². The number of hydrogen-bond donors (Lipinski definition) is 1. The van der Waals surface area contributed by atoms with Crippen molar-refractivity contribution in [3.05, 3.63) is 35.6 Å². The van der Waals surface area contributed by atoms with Gasteiger partial charge in [-0.2, -0.15) is 0 Å². The number of amides is 2. The average Bonchev–Trinajstić information content (AvgIpc) is 2.97. The van der Waals surface area contributed by atoms with Gasteiger partial charge in [-0.05, 0) is 24.6 Å². The highest BCUT2D eigenvalue weighted by molar-refractivity contribution is 8.13. The summed E-state index contributed by atoms with van der Waals surface area (Å²) in [6, 6.07) is 5.75. The Morgan fingerprint density at radius 2 is 2.08 bits per heavy atom. The lowest BCUT2D eigenvalue weighted by atomic mass is 10.2. The number of rotatable bonds is 7. The summed E-state index contributed by atoms with van der Waals surface area (Å²) in [4.78, 5) is 36.6. The molecule has 0 aromatic heterocycles. The molecule has 0 saturated carbocycles. The van der Waals surface area contributed by atoms with Crippen molar-refractivity contribution < 1.29 is 23.5 Å². The highest BCUT2D eigenvalue weighted by Gasteiger charge is 2.23. The number of halogens is 1. The van der Waals surface area contributed by atoms with E-state index in [1.54, 1.807) is 17.0 Å². The van der Waals surface area contributed by atoms with Crippen molar-refractivity contribution in [3.8, 4) is 0 Å². The van der Waals surface area contributed by atoms with Crippen LogP contribution in [0.15, 0.2) is 24.3 Å². The topological polar surface area (TPSA) is 75.7 Å². The third-order valence-corrected chi connectivity index (χ3v) is 4.38. The zero-order chi connectivity index (χ0) is 17.5. The fourth-order valence-electron chi connectivity index (χ4n) is 2.10. The number of benzene rings is 1. The summed E-state index contributed by atoms with van der Waals surface area (Å²) in [6.07, 6.45) is -0.872. The first kappa shape index (κ1) is 18.3. The molecule has 6 nitrogen and oxygen atoms in total. The van der Waals surface area contributed by atoms with E-state index in [-0.39, 0.29) is 24.0 Å². The summed E-state index contributed by atoms with van der Waals surface area (Å²) in [7, 11) is 0. The monoisotopic (exact) mass is 354 g/mol. The number of nitrogens with zero attached hydrogens (tertiary/aromatic N) is 1. The molecule has 1 atom stereocenters. The second-order valence-corrected chi connectivity index (χ2v) is 6.37. The van der Waals surface area contributed by atoms with E-state index in [0.29, 0.717) is 13.1 Å².